The molecule has 1 aliphatic rings. The standard InChI is InChI=1S/C21H21ClN2O/c22-16-9-10-19-17(13-16)20(15-7-3-1-4-8-15)18(21(25)23-19)14-24-11-5-2-6-12-24/h1,3-4,7-10,13H,2,5-6,11-12,14H2,(H,23,25)/p+1. The SMILES string of the molecule is O=c1[nH]c2ccc(Cl)cc2c(-c2ccccc2)c1C[NH+]1CCCCC1. The van der Waals surface area contributed by atoms with Crippen LogP contribution < -0.4 is 10.5 Å². The van der Waals surface area contributed by atoms with Crippen molar-refractivity contribution in [3.8, 4) is 11.1 Å². The Morgan fingerprint density at radius 3 is 2.52 bits per heavy atom. The van der Waals surface area contributed by atoms with Crippen LogP contribution in [-0.2, 0) is 6.54 Å². The number of fused-ring (bicyclic) bond motifs is 1. The maximum absolute atomic E-state index is 12.9. The van der Waals surface area contributed by atoms with Gasteiger partial charge in [0.15, 0.2) is 0 Å². The van der Waals surface area contributed by atoms with Gasteiger partial charge in [-0.1, -0.05) is 41.9 Å². The van der Waals surface area contributed by atoms with E-state index in [-0.39, 0.29) is 5.56 Å². The number of H-pyrrole nitrogens is 1. The van der Waals surface area contributed by atoms with Crippen LogP contribution in [0.2, 0.25) is 5.02 Å². The van der Waals surface area contributed by atoms with Crippen molar-refractivity contribution in [3.05, 3.63) is 69.5 Å². The maximum Gasteiger partial charge on any atom is 0.257 e. The number of quaternary nitrogens is 1. The summed E-state index contributed by atoms with van der Waals surface area (Å²) in [5, 5.41) is 1.71. The van der Waals surface area contributed by atoms with Gasteiger partial charge in [0, 0.05) is 21.5 Å². The van der Waals surface area contributed by atoms with Crippen LogP contribution in [0, 0.1) is 0 Å². The summed E-state index contributed by atoms with van der Waals surface area (Å²) in [4.78, 5) is 17.4. The van der Waals surface area contributed by atoms with E-state index in [0.29, 0.717) is 5.02 Å². The Balaban J connectivity index is 1.93. The molecule has 0 saturated carbocycles. The van der Waals surface area contributed by atoms with E-state index in [4.69, 9.17) is 11.6 Å². The number of halogens is 1. The van der Waals surface area contributed by atoms with Crippen molar-refractivity contribution in [2.75, 3.05) is 13.1 Å². The molecule has 1 aromatic heterocycles. The lowest BCUT2D eigenvalue weighted by molar-refractivity contribution is -0.918. The fourth-order valence-corrected chi connectivity index (χ4v) is 4.06. The molecule has 0 spiro atoms. The lowest BCUT2D eigenvalue weighted by atomic mass is 9.95. The fraction of sp³-hybridized carbons (Fsp3) is 0.286. The Kier molecular flexibility index (Phi) is 4.60. The summed E-state index contributed by atoms with van der Waals surface area (Å²) >= 11 is 6.26. The van der Waals surface area contributed by atoms with Crippen molar-refractivity contribution < 1.29 is 4.90 Å². The number of piperidine rings is 1. The van der Waals surface area contributed by atoms with E-state index in [0.717, 1.165) is 47.2 Å². The lowest BCUT2D eigenvalue weighted by Gasteiger charge is -2.24. The number of aromatic nitrogens is 1. The topological polar surface area (TPSA) is 37.3 Å². The van der Waals surface area contributed by atoms with Gasteiger partial charge < -0.3 is 9.88 Å². The third-order valence-electron chi connectivity index (χ3n) is 5.12. The van der Waals surface area contributed by atoms with E-state index in [1.807, 2.05) is 36.4 Å². The van der Waals surface area contributed by atoms with E-state index >= 15 is 0 Å². The molecule has 4 heteroatoms. The van der Waals surface area contributed by atoms with Crippen LogP contribution in [0.4, 0.5) is 0 Å². The van der Waals surface area contributed by atoms with Gasteiger partial charge >= 0.3 is 0 Å². The summed E-state index contributed by atoms with van der Waals surface area (Å²) in [6.45, 7) is 3.05. The Bertz CT molecular complexity index is 943. The molecule has 1 aliphatic heterocycles. The third-order valence-corrected chi connectivity index (χ3v) is 5.36. The number of hydrogen-bond donors (Lipinski definition) is 2. The van der Waals surface area contributed by atoms with Gasteiger partial charge in [-0.05, 0) is 43.0 Å². The predicted molar refractivity (Wildman–Crippen MR) is 103 cm³/mol. The van der Waals surface area contributed by atoms with Gasteiger partial charge in [0.05, 0.1) is 18.7 Å². The Morgan fingerprint density at radius 1 is 1.00 bits per heavy atom. The van der Waals surface area contributed by atoms with Gasteiger partial charge in [0.25, 0.3) is 5.56 Å². The molecule has 2 aromatic carbocycles. The molecule has 0 radical (unpaired) electrons. The molecule has 0 bridgehead atoms. The molecule has 0 amide bonds. The second-order valence-corrected chi connectivity index (χ2v) is 7.29. The minimum atomic E-state index is 0.0201. The van der Waals surface area contributed by atoms with Gasteiger partial charge in [0.1, 0.15) is 6.54 Å². The quantitative estimate of drug-likeness (QED) is 0.744. The molecule has 1 fully saturated rings. The molecule has 3 nitrogen and oxygen atoms in total. The van der Waals surface area contributed by atoms with Gasteiger partial charge in [-0.15, -0.1) is 0 Å². The monoisotopic (exact) mass is 353 g/mol. The average molecular weight is 354 g/mol. The normalized spacial score (nSPS) is 15.6. The summed E-state index contributed by atoms with van der Waals surface area (Å²) in [6.07, 6.45) is 3.79. The number of benzene rings is 2. The Hall–Kier alpha value is -2.10. The second-order valence-electron chi connectivity index (χ2n) is 6.85. The number of aromatic amines is 1. The summed E-state index contributed by atoms with van der Waals surface area (Å²) in [6, 6.07) is 15.9. The molecule has 2 N–H and O–H groups in total. The van der Waals surface area contributed by atoms with Crippen molar-refractivity contribution in [1.82, 2.24) is 4.98 Å². The van der Waals surface area contributed by atoms with Crippen LogP contribution >= 0.6 is 11.6 Å². The van der Waals surface area contributed by atoms with E-state index in [1.54, 1.807) is 0 Å². The van der Waals surface area contributed by atoms with Crippen LogP contribution in [0.15, 0.2) is 53.3 Å². The van der Waals surface area contributed by atoms with Crippen molar-refractivity contribution in [2.24, 2.45) is 0 Å². The van der Waals surface area contributed by atoms with Crippen molar-refractivity contribution in [3.63, 3.8) is 0 Å². The van der Waals surface area contributed by atoms with Gasteiger partial charge in [0.2, 0.25) is 0 Å². The third kappa shape index (κ3) is 3.35. The molecule has 0 atom stereocenters. The highest BCUT2D eigenvalue weighted by Gasteiger charge is 2.21. The summed E-state index contributed by atoms with van der Waals surface area (Å²) in [5.74, 6) is 0. The van der Waals surface area contributed by atoms with Gasteiger partial charge in [-0.3, -0.25) is 4.79 Å². The molecule has 3 aromatic rings. The smallest absolute Gasteiger partial charge is 0.257 e. The summed E-state index contributed by atoms with van der Waals surface area (Å²) in [7, 11) is 0. The predicted octanol–water partition coefficient (Wildman–Crippen LogP) is 3.42. The number of pyridine rings is 1. The van der Waals surface area contributed by atoms with Crippen molar-refractivity contribution in [2.45, 2.75) is 25.8 Å². The average Bonchev–Trinajstić information content (AvgIpc) is 2.64. The molecule has 0 unspecified atom stereocenters. The Labute approximate surface area is 152 Å². The molecule has 4 rings (SSSR count). The zero-order valence-corrected chi connectivity index (χ0v) is 14.9. The molecule has 2 heterocycles. The Morgan fingerprint density at radius 2 is 1.76 bits per heavy atom. The zero-order valence-electron chi connectivity index (χ0n) is 14.1. The molecule has 25 heavy (non-hydrogen) atoms. The van der Waals surface area contributed by atoms with Crippen LogP contribution in [0.25, 0.3) is 22.0 Å². The highest BCUT2D eigenvalue weighted by atomic mass is 35.5. The minimum Gasteiger partial charge on any atom is -0.331 e. The molecule has 128 valence electrons. The molecular formula is C21H22ClN2O+. The maximum atomic E-state index is 12.9. The highest BCUT2D eigenvalue weighted by Crippen LogP contribution is 2.31. The minimum absolute atomic E-state index is 0.0201. The van der Waals surface area contributed by atoms with E-state index in [9.17, 15) is 4.79 Å². The van der Waals surface area contributed by atoms with E-state index in [1.165, 1.54) is 24.2 Å². The van der Waals surface area contributed by atoms with Crippen LogP contribution in [0.1, 0.15) is 24.8 Å². The van der Waals surface area contributed by atoms with Crippen molar-refractivity contribution >= 4 is 22.5 Å². The van der Waals surface area contributed by atoms with E-state index in [2.05, 4.69) is 17.1 Å². The van der Waals surface area contributed by atoms with Crippen LogP contribution in [-0.4, -0.2) is 18.1 Å². The van der Waals surface area contributed by atoms with Crippen molar-refractivity contribution in [1.29, 1.82) is 0 Å². The van der Waals surface area contributed by atoms with Crippen LogP contribution in [0.5, 0.6) is 0 Å². The van der Waals surface area contributed by atoms with E-state index < -0.39 is 0 Å². The first kappa shape index (κ1) is 16.4. The number of hydrogen-bond acceptors (Lipinski definition) is 1. The number of likely N-dealkylation sites (tertiary alicyclic amines) is 1. The largest absolute Gasteiger partial charge is 0.331 e. The highest BCUT2D eigenvalue weighted by molar-refractivity contribution is 6.31. The van der Waals surface area contributed by atoms with Gasteiger partial charge in [-0.25, -0.2) is 0 Å². The molecule has 0 aliphatic carbocycles. The zero-order chi connectivity index (χ0) is 17.2. The second kappa shape index (κ2) is 7.03. The summed E-state index contributed by atoms with van der Waals surface area (Å²) in [5.41, 5.74) is 3.84. The first-order valence-electron chi connectivity index (χ1n) is 8.96. The molecule has 1 saturated heterocycles. The first-order valence-corrected chi connectivity index (χ1v) is 9.33. The fourth-order valence-electron chi connectivity index (χ4n) is 3.89. The first-order chi connectivity index (χ1) is 12.2. The number of rotatable bonds is 3. The van der Waals surface area contributed by atoms with Gasteiger partial charge in [-0.2, -0.15) is 0 Å². The summed E-state index contributed by atoms with van der Waals surface area (Å²) < 4.78 is 0. The van der Waals surface area contributed by atoms with Crippen LogP contribution in [0.3, 0.4) is 0 Å². The molecular weight excluding hydrogens is 332 g/mol. The lowest BCUT2D eigenvalue weighted by Crippen LogP contribution is -3.11. The number of nitrogens with one attached hydrogen (secondary N) is 2.